The summed E-state index contributed by atoms with van der Waals surface area (Å²) in [5.41, 5.74) is -2.14. The molecule has 3 saturated carbocycles. The average molecular weight is 523 g/mol. The van der Waals surface area contributed by atoms with Crippen molar-refractivity contribution in [1.29, 1.82) is 5.26 Å². The Kier molecular flexibility index (Phi) is 5.73. The lowest BCUT2D eigenvalue weighted by atomic mass is 9.35. The van der Waals surface area contributed by atoms with Gasteiger partial charge in [-0.1, -0.05) is 46.3 Å². The van der Waals surface area contributed by atoms with E-state index in [1.54, 1.807) is 19.1 Å². The van der Waals surface area contributed by atoms with Gasteiger partial charge in [-0.05, 0) is 86.0 Å². The Labute approximate surface area is 225 Å². The minimum Gasteiger partial charge on any atom is -0.465 e. The van der Waals surface area contributed by atoms with Gasteiger partial charge in [-0.25, -0.2) is 4.79 Å². The molecule has 0 bridgehead atoms. The second-order valence-corrected chi connectivity index (χ2v) is 14.7. The van der Waals surface area contributed by atoms with Crippen molar-refractivity contribution in [3.63, 3.8) is 0 Å². The number of aliphatic hydroxyl groups is 1. The molecule has 3 N–H and O–H groups in total. The third-order valence-electron chi connectivity index (χ3n) is 12.4. The summed E-state index contributed by atoms with van der Waals surface area (Å²) in [5.74, 6) is -0.913. The maximum atomic E-state index is 14.3. The van der Waals surface area contributed by atoms with Crippen LogP contribution in [0, 0.1) is 56.2 Å². The first-order chi connectivity index (χ1) is 17.5. The monoisotopic (exact) mass is 522 g/mol. The van der Waals surface area contributed by atoms with Gasteiger partial charge in [0.1, 0.15) is 6.07 Å². The van der Waals surface area contributed by atoms with Crippen LogP contribution < -0.4 is 5.32 Å². The zero-order chi connectivity index (χ0) is 28.1. The lowest BCUT2D eigenvalue weighted by molar-refractivity contribution is -0.162. The van der Waals surface area contributed by atoms with Gasteiger partial charge < -0.3 is 15.5 Å². The van der Waals surface area contributed by atoms with Crippen LogP contribution in [0.25, 0.3) is 0 Å². The Morgan fingerprint density at radius 3 is 2.34 bits per heavy atom. The number of rotatable bonds is 2. The van der Waals surface area contributed by atoms with Gasteiger partial charge in [0.05, 0.1) is 17.6 Å². The number of Topliss-reactive ketones (excluding diaryl/α,β-unsaturated/α-hetero) is 1. The largest absolute Gasteiger partial charge is 0.465 e. The van der Waals surface area contributed by atoms with Gasteiger partial charge in [0, 0.05) is 16.9 Å². The van der Waals surface area contributed by atoms with Crippen LogP contribution in [0.5, 0.6) is 0 Å². The van der Waals surface area contributed by atoms with Gasteiger partial charge in [-0.2, -0.15) is 5.26 Å². The Morgan fingerprint density at radius 1 is 1.08 bits per heavy atom. The molecule has 0 aromatic rings. The molecule has 8 atom stereocenters. The number of carbonyl (C=O) groups excluding carboxylic acids is 2. The van der Waals surface area contributed by atoms with E-state index >= 15 is 0 Å². The molecule has 206 valence electrons. The number of fused-ring (bicyclic) bond motifs is 7. The number of carboxylic acid groups (broad SMARTS) is 1. The molecule has 0 spiro atoms. The molecular formula is C31H42N2O5. The van der Waals surface area contributed by atoms with Crippen LogP contribution in [-0.4, -0.2) is 40.0 Å². The molecule has 0 aromatic carbocycles. The van der Waals surface area contributed by atoms with Crippen molar-refractivity contribution in [2.75, 3.05) is 6.61 Å². The molecule has 0 aromatic heterocycles. The topological polar surface area (TPSA) is 127 Å². The van der Waals surface area contributed by atoms with Crippen molar-refractivity contribution in [1.82, 2.24) is 5.32 Å². The van der Waals surface area contributed by atoms with Gasteiger partial charge in [0.25, 0.3) is 0 Å². The Morgan fingerprint density at radius 2 is 1.74 bits per heavy atom. The summed E-state index contributed by atoms with van der Waals surface area (Å²) in [5, 5.41) is 33.0. The number of nitrogens with one attached hydrogen (secondary N) is 1. The zero-order valence-electron chi connectivity index (χ0n) is 23.6. The summed E-state index contributed by atoms with van der Waals surface area (Å²) >= 11 is 0. The molecule has 0 aliphatic heterocycles. The first-order valence-electron chi connectivity index (χ1n) is 14.1. The Hall–Kier alpha value is -2.46. The molecule has 7 nitrogen and oxygen atoms in total. The minimum absolute atomic E-state index is 0.0124. The normalized spacial score (nSPS) is 47.3. The number of allylic oxidation sites excluding steroid dienone is 4. The van der Waals surface area contributed by atoms with Gasteiger partial charge in [-0.3, -0.25) is 9.59 Å². The van der Waals surface area contributed by atoms with Gasteiger partial charge in [0.15, 0.2) is 11.6 Å². The van der Waals surface area contributed by atoms with Crippen LogP contribution in [0.2, 0.25) is 0 Å². The van der Waals surface area contributed by atoms with Crippen molar-refractivity contribution in [2.24, 2.45) is 44.8 Å². The van der Waals surface area contributed by atoms with Crippen LogP contribution in [0.3, 0.4) is 0 Å². The van der Waals surface area contributed by atoms with E-state index in [-0.39, 0.29) is 52.3 Å². The fraction of sp³-hybridized carbons (Fsp3) is 0.742. The molecular weight excluding hydrogens is 480 g/mol. The Bertz CT molecular complexity index is 1230. The lowest BCUT2D eigenvalue weighted by Crippen LogP contribution is -2.69. The number of aliphatic hydroxyl groups excluding tert-OH is 1. The van der Waals surface area contributed by atoms with Crippen molar-refractivity contribution in [3.05, 3.63) is 23.3 Å². The molecule has 5 aliphatic carbocycles. The molecule has 0 radical (unpaired) electrons. The van der Waals surface area contributed by atoms with Gasteiger partial charge >= 0.3 is 6.09 Å². The highest BCUT2D eigenvalue weighted by atomic mass is 16.4. The molecule has 1 amide bonds. The minimum atomic E-state index is -1.09. The smallest absolute Gasteiger partial charge is 0.405 e. The van der Waals surface area contributed by atoms with Crippen molar-refractivity contribution < 1.29 is 24.6 Å². The number of ketones is 2. The molecule has 3 fully saturated rings. The second-order valence-electron chi connectivity index (χ2n) is 14.7. The van der Waals surface area contributed by atoms with E-state index in [9.17, 15) is 29.9 Å². The summed E-state index contributed by atoms with van der Waals surface area (Å²) in [7, 11) is 0. The molecule has 0 saturated heterocycles. The van der Waals surface area contributed by atoms with E-state index in [1.807, 2.05) is 6.92 Å². The maximum Gasteiger partial charge on any atom is 0.405 e. The van der Waals surface area contributed by atoms with E-state index in [4.69, 9.17) is 0 Å². The molecule has 0 unspecified atom stereocenters. The predicted molar refractivity (Wildman–Crippen MR) is 142 cm³/mol. The number of hydrogen-bond acceptors (Lipinski definition) is 5. The summed E-state index contributed by atoms with van der Waals surface area (Å²) < 4.78 is 0. The maximum absolute atomic E-state index is 14.3. The van der Waals surface area contributed by atoms with Crippen molar-refractivity contribution >= 4 is 17.7 Å². The van der Waals surface area contributed by atoms with Gasteiger partial charge in [-0.15, -0.1) is 0 Å². The van der Waals surface area contributed by atoms with E-state index in [1.165, 1.54) is 0 Å². The summed E-state index contributed by atoms with van der Waals surface area (Å²) in [6.45, 7) is 12.4. The number of carbonyl (C=O) groups is 3. The molecule has 5 rings (SSSR count). The quantitative estimate of drug-likeness (QED) is 0.457. The summed E-state index contributed by atoms with van der Waals surface area (Å²) in [6.07, 6.45) is 7.87. The van der Waals surface area contributed by atoms with E-state index in [2.05, 4.69) is 39.1 Å². The van der Waals surface area contributed by atoms with Crippen LogP contribution in [0.15, 0.2) is 23.3 Å². The number of nitriles is 1. The molecule has 38 heavy (non-hydrogen) atoms. The fourth-order valence-corrected chi connectivity index (χ4v) is 10.1. The zero-order valence-corrected chi connectivity index (χ0v) is 23.6. The first-order valence-corrected chi connectivity index (χ1v) is 14.1. The van der Waals surface area contributed by atoms with Crippen molar-refractivity contribution in [3.8, 4) is 6.07 Å². The second kappa shape index (κ2) is 8.03. The van der Waals surface area contributed by atoms with Crippen LogP contribution >= 0.6 is 0 Å². The fourth-order valence-electron chi connectivity index (χ4n) is 10.1. The number of nitrogens with zero attached hydrogens (tertiary/aromatic N) is 1. The average Bonchev–Trinajstić information content (AvgIpc) is 2.83. The van der Waals surface area contributed by atoms with E-state index in [0.717, 1.165) is 37.7 Å². The molecule has 7 heteroatoms. The molecule has 5 aliphatic rings. The number of hydrogen-bond donors (Lipinski definition) is 3. The third kappa shape index (κ3) is 3.25. The predicted octanol–water partition coefficient (Wildman–Crippen LogP) is 5.20. The number of amides is 1. The van der Waals surface area contributed by atoms with E-state index < -0.39 is 27.9 Å². The summed E-state index contributed by atoms with van der Waals surface area (Å²) in [6, 6.07) is 2.08. The highest BCUT2D eigenvalue weighted by Gasteiger charge is 2.70. The lowest BCUT2D eigenvalue weighted by Gasteiger charge is -2.69. The third-order valence-corrected chi connectivity index (χ3v) is 12.4. The van der Waals surface area contributed by atoms with Gasteiger partial charge in [0.2, 0.25) is 0 Å². The highest BCUT2D eigenvalue weighted by Crippen LogP contribution is 2.73. The first kappa shape index (κ1) is 27.1. The van der Waals surface area contributed by atoms with Crippen LogP contribution in [0.1, 0.15) is 86.5 Å². The van der Waals surface area contributed by atoms with Crippen LogP contribution in [0.4, 0.5) is 4.79 Å². The summed E-state index contributed by atoms with van der Waals surface area (Å²) in [4.78, 5) is 39.6. The van der Waals surface area contributed by atoms with Crippen molar-refractivity contribution in [2.45, 2.75) is 92.0 Å². The molecule has 0 heterocycles. The standard InChI is InChI=1S/C31H42N2O5/c1-26(2)9-11-31(33-25(37)38)12-10-30(6)23(19(31)15-26)20(35)13-22-27(3)14-18(16-32)24(36)28(4,17-34)21(27)7-8-29(22,30)5/h13-14,19,21,23,33-34H,7-12,15,17H2,1-6H3,(H,37,38)/t19-,21+,23-,27-,28-,29+,30+,31-/m0/s1. The van der Waals surface area contributed by atoms with Crippen LogP contribution in [-0.2, 0) is 9.59 Å². The van der Waals surface area contributed by atoms with E-state index in [0.29, 0.717) is 12.8 Å². The highest BCUT2D eigenvalue weighted by molar-refractivity contribution is 6.05. The SMILES string of the molecule is CC1(C)CC[C@]2(NC(=O)O)CC[C@]3(C)[C@H](C(=O)C=C4[C@@]5(C)C=C(C#N)C(=O)[C@@](C)(CO)[C@@H]5CC[C@]43C)[C@@H]2C1. The Balaban J connectivity index is 1.69.